The van der Waals surface area contributed by atoms with Crippen LogP contribution in [0.1, 0.15) is 10.4 Å². The van der Waals surface area contributed by atoms with Gasteiger partial charge in [-0.15, -0.1) is 12.4 Å². The molecule has 0 radical (unpaired) electrons. The number of nitrogens with zero attached hydrogens (tertiary/aromatic N) is 4. The molecule has 1 aliphatic rings. The van der Waals surface area contributed by atoms with Crippen molar-refractivity contribution >= 4 is 35.1 Å². The van der Waals surface area contributed by atoms with Gasteiger partial charge in [-0.05, 0) is 38.4 Å². The third-order valence-electron chi connectivity index (χ3n) is 5.07. The number of rotatable bonds is 4. The van der Waals surface area contributed by atoms with E-state index in [2.05, 4.69) is 28.9 Å². The molecule has 146 valence electrons. The van der Waals surface area contributed by atoms with E-state index in [1.165, 1.54) is 6.20 Å². The van der Waals surface area contributed by atoms with Crippen molar-refractivity contribution < 1.29 is 9.90 Å². The molecule has 2 aromatic heterocycles. The van der Waals surface area contributed by atoms with E-state index in [9.17, 15) is 14.7 Å². The van der Waals surface area contributed by atoms with Gasteiger partial charge in [0.15, 0.2) is 0 Å². The van der Waals surface area contributed by atoms with Crippen LogP contribution in [-0.4, -0.2) is 58.8 Å². The summed E-state index contributed by atoms with van der Waals surface area (Å²) in [6.07, 6.45) is 3.08. The molecule has 1 saturated heterocycles. The topological polar surface area (TPSA) is 78.7 Å². The minimum atomic E-state index is -1.24. The van der Waals surface area contributed by atoms with Crippen molar-refractivity contribution in [1.82, 2.24) is 14.5 Å². The molecule has 0 bridgehead atoms. The normalized spacial score (nSPS) is 14.0. The van der Waals surface area contributed by atoms with Crippen LogP contribution in [0.5, 0.6) is 0 Å². The maximum absolute atomic E-state index is 12.4. The molecule has 0 amide bonds. The highest BCUT2D eigenvalue weighted by atomic mass is 35.5. The van der Waals surface area contributed by atoms with E-state index >= 15 is 0 Å². The number of hydrogen-bond donors (Lipinski definition) is 1. The first-order valence-electron chi connectivity index (χ1n) is 8.71. The number of halogens is 1. The second-order valence-corrected chi connectivity index (χ2v) is 6.96. The van der Waals surface area contributed by atoms with E-state index in [1.54, 1.807) is 29.0 Å². The lowest BCUT2D eigenvalue weighted by Gasteiger charge is -2.43. The zero-order chi connectivity index (χ0) is 19.1. The number of likely N-dealkylation sites (N-methyl/N-ethyl adjacent to an activating group) is 1. The van der Waals surface area contributed by atoms with E-state index in [-0.39, 0.29) is 18.0 Å². The Morgan fingerprint density at radius 2 is 1.89 bits per heavy atom. The van der Waals surface area contributed by atoms with E-state index in [1.807, 2.05) is 18.2 Å². The predicted molar refractivity (Wildman–Crippen MR) is 111 cm³/mol. The highest BCUT2D eigenvalue weighted by Crippen LogP contribution is 2.23. The van der Waals surface area contributed by atoms with Gasteiger partial charge in [-0.1, -0.05) is 12.1 Å². The Kier molecular flexibility index (Phi) is 5.40. The fourth-order valence-corrected chi connectivity index (χ4v) is 3.32. The van der Waals surface area contributed by atoms with Crippen molar-refractivity contribution in [2.24, 2.45) is 0 Å². The number of anilines is 1. The summed E-state index contributed by atoms with van der Waals surface area (Å²) in [6, 6.07) is 11.3. The molecule has 0 unspecified atom stereocenters. The van der Waals surface area contributed by atoms with Gasteiger partial charge < -0.3 is 19.5 Å². The third-order valence-corrected chi connectivity index (χ3v) is 5.07. The molecule has 3 aromatic rings. The smallest absolute Gasteiger partial charge is 0.341 e. The van der Waals surface area contributed by atoms with Gasteiger partial charge in [0.25, 0.3) is 0 Å². The number of benzene rings is 1. The summed E-state index contributed by atoms with van der Waals surface area (Å²) in [5, 5.41) is 9.76. The minimum Gasteiger partial charge on any atom is -0.477 e. The zero-order valence-electron chi connectivity index (χ0n) is 15.6. The maximum atomic E-state index is 12.4. The van der Waals surface area contributed by atoms with Crippen molar-refractivity contribution in [3.63, 3.8) is 0 Å². The molecule has 1 aliphatic heterocycles. The summed E-state index contributed by atoms with van der Waals surface area (Å²) in [6.45, 7) is 1.87. The van der Waals surface area contributed by atoms with Gasteiger partial charge in [-0.25, -0.2) is 9.78 Å². The quantitative estimate of drug-likeness (QED) is 0.723. The second kappa shape index (κ2) is 7.61. The molecule has 1 aromatic carbocycles. The monoisotopic (exact) mass is 400 g/mol. The fourth-order valence-electron chi connectivity index (χ4n) is 3.32. The Balaban J connectivity index is 0.00000225. The van der Waals surface area contributed by atoms with Crippen molar-refractivity contribution in [2.75, 3.05) is 32.1 Å². The summed E-state index contributed by atoms with van der Waals surface area (Å²) in [7, 11) is 4.14. The third kappa shape index (κ3) is 3.34. The Morgan fingerprint density at radius 1 is 1.18 bits per heavy atom. The second-order valence-electron chi connectivity index (χ2n) is 6.96. The summed E-state index contributed by atoms with van der Waals surface area (Å²) in [5.41, 5.74) is 0.629. The molecule has 4 rings (SSSR count). The molecule has 7 nitrogen and oxygen atoms in total. The molecule has 1 fully saturated rings. The fraction of sp³-hybridized carbons (Fsp3) is 0.250. The molecule has 8 heteroatoms. The van der Waals surface area contributed by atoms with Crippen molar-refractivity contribution in [3.8, 4) is 5.69 Å². The number of aromatic nitrogens is 2. The largest absolute Gasteiger partial charge is 0.477 e. The summed E-state index contributed by atoms with van der Waals surface area (Å²) < 4.78 is 1.70. The van der Waals surface area contributed by atoms with Gasteiger partial charge >= 0.3 is 5.97 Å². The van der Waals surface area contributed by atoms with Gasteiger partial charge in [0.1, 0.15) is 11.4 Å². The van der Waals surface area contributed by atoms with Crippen LogP contribution in [0.4, 0.5) is 5.82 Å². The number of carboxylic acid groups (broad SMARTS) is 1. The van der Waals surface area contributed by atoms with Crippen LogP contribution in [0, 0.1) is 0 Å². The number of aromatic carboxylic acids is 1. The van der Waals surface area contributed by atoms with Crippen LogP contribution < -0.4 is 10.3 Å². The first kappa shape index (κ1) is 19.9. The van der Waals surface area contributed by atoms with Crippen molar-refractivity contribution in [3.05, 3.63) is 64.6 Å². The van der Waals surface area contributed by atoms with Crippen LogP contribution in [0.25, 0.3) is 16.6 Å². The number of pyridine rings is 2. The van der Waals surface area contributed by atoms with Crippen molar-refractivity contribution in [2.45, 2.75) is 6.04 Å². The standard InChI is InChI=1S/C20H20N4O3.ClH/c1-22(2)14-10-23(11-14)18-8-7-13(9-21-18)24-12-16(20(26)27)19(25)15-5-3-4-6-17(15)24;/h3-9,12,14H,10-11H2,1-2H3,(H,26,27);1H. The molecule has 0 aliphatic carbocycles. The van der Waals surface area contributed by atoms with Crippen LogP contribution in [0.15, 0.2) is 53.6 Å². The average Bonchev–Trinajstić information content (AvgIpc) is 2.61. The van der Waals surface area contributed by atoms with Crippen molar-refractivity contribution in [1.29, 1.82) is 0 Å². The van der Waals surface area contributed by atoms with Gasteiger partial charge in [-0.3, -0.25) is 4.79 Å². The Morgan fingerprint density at radius 3 is 2.50 bits per heavy atom. The van der Waals surface area contributed by atoms with E-state index in [0.717, 1.165) is 18.9 Å². The van der Waals surface area contributed by atoms with Crippen LogP contribution in [0.2, 0.25) is 0 Å². The molecule has 0 saturated carbocycles. The average molecular weight is 401 g/mol. The van der Waals surface area contributed by atoms with Gasteiger partial charge in [-0.2, -0.15) is 0 Å². The Labute approximate surface area is 168 Å². The number of carboxylic acids is 1. The summed E-state index contributed by atoms with van der Waals surface area (Å²) in [4.78, 5) is 32.8. The Bertz CT molecular complexity index is 1070. The molecule has 0 atom stereocenters. The molecule has 0 spiro atoms. The minimum absolute atomic E-state index is 0. The summed E-state index contributed by atoms with van der Waals surface area (Å²) in [5.74, 6) is -0.347. The lowest BCUT2D eigenvalue weighted by atomic mass is 10.1. The highest BCUT2D eigenvalue weighted by Gasteiger charge is 2.29. The van der Waals surface area contributed by atoms with Crippen LogP contribution in [0.3, 0.4) is 0 Å². The molecule has 28 heavy (non-hydrogen) atoms. The van der Waals surface area contributed by atoms with Crippen LogP contribution >= 0.6 is 12.4 Å². The number of carbonyl (C=O) groups is 1. The van der Waals surface area contributed by atoms with Gasteiger partial charge in [0.2, 0.25) is 5.43 Å². The van der Waals surface area contributed by atoms with Gasteiger partial charge in [0.05, 0.1) is 17.4 Å². The first-order valence-corrected chi connectivity index (χ1v) is 8.71. The SMILES string of the molecule is CN(C)C1CN(c2ccc(-n3cc(C(=O)O)c(=O)c4ccccc43)cn2)C1.Cl. The van der Waals surface area contributed by atoms with E-state index in [4.69, 9.17) is 0 Å². The van der Waals surface area contributed by atoms with Crippen LogP contribution in [-0.2, 0) is 0 Å². The first-order chi connectivity index (χ1) is 13.0. The Hall–Kier alpha value is -2.90. The van der Waals surface area contributed by atoms with E-state index in [0.29, 0.717) is 22.6 Å². The maximum Gasteiger partial charge on any atom is 0.341 e. The van der Waals surface area contributed by atoms with Gasteiger partial charge in [0, 0.05) is 30.7 Å². The molecule has 1 N–H and O–H groups in total. The molecular weight excluding hydrogens is 380 g/mol. The molecular formula is C20H21ClN4O3. The van der Waals surface area contributed by atoms with E-state index < -0.39 is 11.4 Å². The lowest BCUT2D eigenvalue weighted by molar-refractivity contribution is 0.0695. The zero-order valence-corrected chi connectivity index (χ0v) is 16.4. The number of fused-ring (bicyclic) bond motifs is 1. The summed E-state index contributed by atoms with van der Waals surface area (Å²) >= 11 is 0. The highest BCUT2D eigenvalue weighted by molar-refractivity contribution is 5.93. The molecule has 3 heterocycles. The lowest BCUT2D eigenvalue weighted by Crippen LogP contribution is -2.57. The number of para-hydroxylation sites is 1. The predicted octanol–water partition coefficient (Wildman–Crippen LogP) is 2.26. The number of hydrogen-bond acceptors (Lipinski definition) is 5.